The first kappa shape index (κ1) is 8.96. The van der Waals surface area contributed by atoms with Gasteiger partial charge >= 0.3 is 4.84 Å². The van der Waals surface area contributed by atoms with Crippen LogP contribution in [0.15, 0.2) is 28.8 Å². The van der Waals surface area contributed by atoms with E-state index in [0.29, 0.717) is 5.82 Å². The molecule has 1 aromatic carbocycles. The Kier molecular flexibility index (Phi) is 2.32. The average molecular weight is 208 g/mol. The van der Waals surface area contributed by atoms with E-state index < -0.39 is 0 Å². The molecule has 2 aromatic rings. The van der Waals surface area contributed by atoms with E-state index in [1.807, 2.05) is 24.3 Å². The number of hydrogen-bond acceptors (Lipinski definition) is 4. The lowest BCUT2D eigenvalue weighted by molar-refractivity contribution is 0.403. The molecule has 0 unspecified atom stereocenters. The molecule has 72 valence electrons. The van der Waals surface area contributed by atoms with Crippen molar-refractivity contribution in [3.63, 3.8) is 0 Å². The third-order valence-corrected chi connectivity index (χ3v) is 1.97. The first-order valence-electron chi connectivity index (χ1n) is 4.00. The van der Waals surface area contributed by atoms with Crippen molar-refractivity contribution in [3.05, 3.63) is 29.1 Å². The van der Waals surface area contributed by atoms with Crippen LogP contribution >= 0.6 is 12.2 Å². The van der Waals surface area contributed by atoms with Crippen LogP contribution in [0.4, 0.5) is 0 Å². The quantitative estimate of drug-likeness (QED) is 0.770. The largest absolute Gasteiger partial charge is 0.496 e. The first-order valence-corrected chi connectivity index (χ1v) is 4.41. The third-order valence-electron chi connectivity index (χ3n) is 1.80. The Bertz CT molecular complexity index is 489. The van der Waals surface area contributed by atoms with E-state index in [1.165, 1.54) is 0 Å². The fourth-order valence-electron chi connectivity index (χ4n) is 1.18. The fraction of sp³-hybridized carbons (Fsp3) is 0.111. The molecular formula is C9H8N2O2S. The predicted molar refractivity (Wildman–Crippen MR) is 53.7 cm³/mol. The third kappa shape index (κ3) is 1.54. The van der Waals surface area contributed by atoms with Gasteiger partial charge in [0.25, 0.3) is 0 Å². The Balaban J connectivity index is 2.55. The number of methoxy groups -OCH3 is 1. The van der Waals surface area contributed by atoms with Gasteiger partial charge in [-0.15, -0.1) is 0 Å². The Morgan fingerprint density at radius 2 is 2.21 bits per heavy atom. The summed E-state index contributed by atoms with van der Waals surface area (Å²) in [6, 6.07) is 7.50. The van der Waals surface area contributed by atoms with E-state index >= 15 is 0 Å². The smallest absolute Gasteiger partial charge is 0.314 e. The lowest BCUT2D eigenvalue weighted by atomic mass is 10.2. The summed E-state index contributed by atoms with van der Waals surface area (Å²) in [5.74, 6) is 1.31. The van der Waals surface area contributed by atoms with Crippen molar-refractivity contribution in [2.75, 3.05) is 7.11 Å². The topological polar surface area (TPSA) is 51.1 Å². The molecule has 4 nitrogen and oxygen atoms in total. The second kappa shape index (κ2) is 3.63. The highest BCUT2D eigenvalue weighted by atomic mass is 32.1. The number of aromatic nitrogens is 2. The van der Waals surface area contributed by atoms with Crippen molar-refractivity contribution in [3.8, 4) is 17.1 Å². The van der Waals surface area contributed by atoms with Gasteiger partial charge in [0.05, 0.1) is 12.7 Å². The van der Waals surface area contributed by atoms with Crippen LogP contribution in [0.1, 0.15) is 0 Å². The number of nitrogens with zero attached hydrogens (tertiary/aromatic N) is 1. The molecule has 1 aromatic heterocycles. The van der Waals surface area contributed by atoms with E-state index in [0.717, 1.165) is 11.3 Å². The number of H-pyrrole nitrogens is 1. The van der Waals surface area contributed by atoms with Gasteiger partial charge in [0.2, 0.25) is 0 Å². The van der Waals surface area contributed by atoms with Gasteiger partial charge < -0.3 is 9.26 Å². The number of rotatable bonds is 2. The number of nitrogens with one attached hydrogen (secondary N) is 1. The van der Waals surface area contributed by atoms with Crippen molar-refractivity contribution in [2.24, 2.45) is 0 Å². The Labute approximate surface area is 85.5 Å². The molecule has 0 aliphatic carbocycles. The molecule has 14 heavy (non-hydrogen) atoms. The van der Waals surface area contributed by atoms with E-state index in [2.05, 4.69) is 10.1 Å². The molecule has 2 rings (SSSR count). The first-order chi connectivity index (χ1) is 6.81. The maximum Gasteiger partial charge on any atom is 0.314 e. The summed E-state index contributed by atoms with van der Waals surface area (Å²) in [6.45, 7) is 0. The minimum Gasteiger partial charge on any atom is -0.496 e. The van der Waals surface area contributed by atoms with Gasteiger partial charge in [-0.25, -0.2) is 5.16 Å². The van der Waals surface area contributed by atoms with Crippen molar-refractivity contribution >= 4 is 12.2 Å². The molecule has 0 radical (unpaired) electrons. The summed E-state index contributed by atoms with van der Waals surface area (Å²) in [7, 11) is 1.60. The SMILES string of the molecule is COc1ccccc1-c1nc(=S)o[nH]1. The van der Waals surface area contributed by atoms with Crippen LogP contribution in [0.25, 0.3) is 11.4 Å². The van der Waals surface area contributed by atoms with Gasteiger partial charge in [0, 0.05) is 0 Å². The highest BCUT2D eigenvalue weighted by molar-refractivity contribution is 7.71. The summed E-state index contributed by atoms with van der Waals surface area (Å²) < 4.78 is 10.0. The molecule has 0 saturated carbocycles. The molecule has 1 heterocycles. The summed E-state index contributed by atoms with van der Waals surface area (Å²) in [5.41, 5.74) is 0.829. The zero-order valence-corrected chi connectivity index (χ0v) is 8.30. The molecule has 0 fully saturated rings. The molecule has 5 heteroatoms. The molecule has 0 atom stereocenters. The Hall–Kier alpha value is -1.62. The maximum atomic E-state index is 5.17. The van der Waals surface area contributed by atoms with Crippen LogP contribution in [0.3, 0.4) is 0 Å². The second-order valence-corrected chi connectivity index (χ2v) is 2.98. The second-order valence-electron chi connectivity index (χ2n) is 2.63. The number of hydrogen-bond donors (Lipinski definition) is 1. The number of aromatic amines is 1. The summed E-state index contributed by atoms with van der Waals surface area (Å²) in [6.07, 6.45) is 0. The Morgan fingerprint density at radius 1 is 1.43 bits per heavy atom. The fourth-order valence-corrected chi connectivity index (χ4v) is 1.32. The van der Waals surface area contributed by atoms with Crippen LogP contribution < -0.4 is 4.74 Å². The highest BCUT2D eigenvalue weighted by Crippen LogP contribution is 2.26. The van der Waals surface area contributed by atoms with Gasteiger partial charge in [-0.1, -0.05) is 12.1 Å². The van der Waals surface area contributed by atoms with Gasteiger partial charge in [0.15, 0.2) is 5.82 Å². The maximum absolute atomic E-state index is 5.17. The summed E-state index contributed by atoms with van der Waals surface area (Å²) in [4.78, 5) is 4.19. The van der Waals surface area contributed by atoms with Crippen molar-refractivity contribution < 1.29 is 9.26 Å². The standard InChI is InChI=1S/C9H8N2O2S/c1-12-7-5-3-2-4-6(7)8-10-9(14)13-11-8/h2-5H,1H3,(H,10,11,14). The molecule has 0 aliphatic heterocycles. The van der Waals surface area contributed by atoms with E-state index in [-0.39, 0.29) is 4.84 Å². The van der Waals surface area contributed by atoms with Crippen molar-refractivity contribution in [1.29, 1.82) is 0 Å². The normalized spacial score (nSPS) is 10.1. The van der Waals surface area contributed by atoms with Crippen molar-refractivity contribution in [1.82, 2.24) is 10.1 Å². The lowest BCUT2D eigenvalue weighted by Crippen LogP contribution is -1.88. The minimum absolute atomic E-state index is 0.186. The van der Waals surface area contributed by atoms with Gasteiger partial charge in [-0.3, -0.25) is 0 Å². The highest BCUT2D eigenvalue weighted by Gasteiger charge is 2.07. The molecular weight excluding hydrogens is 200 g/mol. The zero-order valence-electron chi connectivity index (χ0n) is 7.48. The molecule has 0 spiro atoms. The minimum atomic E-state index is 0.186. The number of benzene rings is 1. The van der Waals surface area contributed by atoms with E-state index in [9.17, 15) is 0 Å². The molecule has 0 aliphatic rings. The van der Waals surface area contributed by atoms with Gasteiger partial charge in [-0.2, -0.15) is 4.98 Å². The van der Waals surface area contributed by atoms with Crippen LogP contribution in [-0.4, -0.2) is 17.3 Å². The van der Waals surface area contributed by atoms with E-state index in [1.54, 1.807) is 7.11 Å². The van der Waals surface area contributed by atoms with Gasteiger partial charge in [0.1, 0.15) is 5.75 Å². The van der Waals surface area contributed by atoms with Crippen LogP contribution in [-0.2, 0) is 0 Å². The number of ether oxygens (including phenoxy) is 1. The van der Waals surface area contributed by atoms with Crippen molar-refractivity contribution in [2.45, 2.75) is 0 Å². The summed E-state index contributed by atoms with van der Waals surface area (Å²) >= 11 is 4.76. The average Bonchev–Trinajstić information content (AvgIpc) is 2.65. The molecule has 0 amide bonds. The lowest BCUT2D eigenvalue weighted by Gasteiger charge is -2.03. The molecule has 1 N–H and O–H groups in total. The monoisotopic (exact) mass is 208 g/mol. The van der Waals surface area contributed by atoms with Crippen LogP contribution in [0, 0.1) is 4.84 Å². The molecule has 0 saturated heterocycles. The Morgan fingerprint density at radius 3 is 2.86 bits per heavy atom. The van der Waals surface area contributed by atoms with Gasteiger partial charge in [-0.05, 0) is 24.4 Å². The zero-order chi connectivity index (χ0) is 9.97. The predicted octanol–water partition coefficient (Wildman–Crippen LogP) is 2.41. The van der Waals surface area contributed by atoms with E-state index in [4.69, 9.17) is 21.5 Å². The number of para-hydroxylation sites is 1. The van der Waals surface area contributed by atoms with Crippen LogP contribution in [0.5, 0.6) is 5.75 Å². The van der Waals surface area contributed by atoms with Crippen LogP contribution in [0.2, 0.25) is 0 Å². The molecule has 0 bridgehead atoms. The summed E-state index contributed by atoms with van der Waals surface area (Å²) in [5, 5.41) is 2.63.